The molecule has 1 amide bonds. The Morgan fingerprint density at radius 3 is 2.46 bits per heavy atom. The molecular formula is C20H15F3N2O3. The van der Waals surface area contributed by atoms with Gasteiger partial charge >= 0.3 is 6.18 Å². The molecule has 2 aromatic carbocycles. The molecule has 0 saturated carbocycles. The molecule has 8 heteroatoms. The van der Waals surface area contributed by atoms with Crippen molar-refractivity contribution in [1.82, 2.24) is 4.98 Å². The highest BCUT2D eigenvalue weighted by Crippen LogP contribution is 2.32. The van der Waals surface area contributed by atoms with Gasteiger partial charge in [-0.1, -0.05) is 6.07 Å². The van der Waals surface area contributed by atoms with Crippen LogP contribution in [0.25, 0.3) is 0 Å². The molecule has 0 aliphatic heterocycles. The molecule has 3 rings (SSSR count). The van der Waals surface area contributed by atoms with Gasteiger partial charge in [0.05, 0.1) is 5.56 Å². The Balaban J connectivity index is 1.73. The van der Waals surface area contributed by atoms with Crippen molar-refractivity contribution in [3.63, 3.8) is 0 Å². The van der Waals surface area contributed by atoms with Crippen molar-refractivity contribution < 1.29 is 27.8 Å². The summed E-state index contributed by atoms with van der Waals surface area (Å²) in [5, 5.41) is 12.5. The molecule has 28 heavy (non-hydrogen) atoms. The molecule has 0 saturated heterocycles. The Kier molecular flexibility index (Phi) is 5.21. The maximum atomic E-state index is 12.6. The largest absolute Gasteiger partial charge is 0.505 e. The van der Waals surface area contributed by atoms with E-state index in [4.69, 9.17) is 4.74 Å². The zero-order chi connectivity index (χ0) is 20.3. The number of hydrogen-bond donors (Lipinski definition) is 2. The van der Waals surface area contributed by atoms with Crippen molar-refractivity contribution in [2.75, 3.05) is 5.32 Å². The monoisotopic (exact) mass is 388 g/mol. The van der Waals surface area contributed by atoms with Crippen molar-refractivity contribution in [3.8, 4) is 17.2 Å². The third-order valence-corrected chi connectivity index (χ3v) is 3.85. The summed E-state index contributed by atoms with van der Waals surface area (Å²) in [5.74, 6) is -0.279. The van der Waals surface area contributed by atoms with E-state index in [0.29, 0.717) is 17.0 Å². The first-order valence-corrected chi connectivity index (χ1v) is 8.15. The summed E-state index contributed by atoms with van der Waals surface area (Å²) in [7, 11) is 0. The number of benzene rings is 2. The molecule has 144 valence electrons. The maximum Gasteiger partial charge on any atom is 0.416 e. The zero-order valence-electron chi connectivity index (χ0n) is 14.6. The summed E-state index contributed by atoms with van der Waals surface area (Å²) in [6, 6.07) is 12.2. The van der Waals surface area contributed by atoms with Gasteiger partial charge in [-0.2, -0.15) is 13.2 Å². The van der Waals surface area contributed by atoms with E-state index in [0.717, 1.165) is 12.1 Å². The number of nitrogens with one attached hydrogen (secondary N) is 1. The van der Waals surface area contributed by atoms with Gasteiger partial charge in [-0.3, -0.25) is 4.79 Å². The molecule has 0 unspecified atom stereocenters. The van der Waals surface area contributed by atoms with E-state index in [-0.39, 0.29) is 17.2 Å². The van der Waals surface area contributed by atoms with Crippen LogP contribution in [-0.4, -0.2) is 16.0 Å². The van der Waals surface area contributed by atoms with Gasteiger partial charge in [0.25, 0.3) is 5.91 Å². The number of aromatic nitrogens is 1. The highest BCUT2D eigenvalue weighted by molar-refractivity contribution is 6.04. The predicted octanol–water partition coefficient (Wildman–Crippen LogP) is 5.16. The number of anilines is 1. The number of pyridine rings is 1. The highest BCUT2D eigenvalue weighted by atomic mass is 19.4. The molecule has 2 N–H and O–H groups in total. The lowest BCUT2D eigenvalue weighted by Crippen LogP contribution is -2.14. The molecule has 0 aliphatic carbocycles. The van der Waals surface area contributed by atoms with Crippen LogP contribution in [0.15, 0.2) is 60.8 Å². The summed E-state index contributed by atoms with van der Waals surface area (Å²) in [6.45, 7) is 1.65. The second-order valence-corrected chi connectivity index (χ2v) is 5.93. The van der Waals surface area contributed by atoms with E-state index in [1.165, 1.54) is 24.4 Å². The Bertz CT molecular complexity index is 1000. The number of nitrogens with zero attached hydrogens (tertiary/aromatic N) is 1. The van der Waals surface area contributed by atoms with Gasteiger partial charge < -0.3 is 15.2 Å². The normalized spacial score (nSPS) is 11.1. The number of aromatic hydroxyl groups is 1. The van der Waals surface area contributed by atoms with Gasteiger partial charge in [0, 0.05) is 18.0 Å². The minimum atomic E-state index is -4.42. The molecule has 0 aliphatic rings. The van der Waals surface area contributed by atoms with Gasteiger partial charge in [-0.25, -0.2) is 4.98 Å². The summed E-state index contributed by atoms with van der Waals surface area (Å²) in [5.41, 5.74) is -0.00274. The molecule has 1 aromatic heterocycles. The van der Waals surface area contributed by atoms with Gasteiger partial charge in [0.15, 0.2) is 5.69 Å². The Hall–Kier alpha value is -3.55. The number of carbonyl (C=O) groups is 1. The molecule has 0 bridgehead atoms. The Labute approximate surface area is 158 Å². The quantitative estimate of drug-likeness (QED) is 0.648. The van der Waals surface area contributed by atoms with Gasteiger partial charge in [-0.05, 0) is 55.0 Å². The number of aryl methyl sites for hydroxylation is 1. The van der Waals surface area contributed by atoms with E-state index < -0.39 is 17.6 Å². The van der Waals surface area contributed by atoms with Crippen LogP contribution < -0.4 is 10.1 Å². The van der Waals surface area contributed by atoms with Gasteiger partial charge in [0.2, 0.25) is 0 Å². The van der Waals surface area contributed by atoms with E-state index in [1.54, 1.807) is 31.2 Å². The summed E-state index contributed by atoms with van der Waals surface area (Å²) in [6.07, 6.45) is -3.01. The Morgan fingerprint density at radius 2 is 1.79 bits per heavy atom. The Morgan fingerprint density at radius 1 is 1.07 bits per heavy atom. The molecule has 5 nitrogen and oxygen atoms in total. The van der Waals surface area contributed by atoms with Crippen LogP contribution in [0, 0.1) is 6.92 Å². The second kappa shape index (κ2) is 7.59. The maximum absolute atomic E-state index is 12.6. The van der Waals surface area contributed by atoms with E-state index in [9.17, 15) is 23.1 Å². The fourth-order valence-corrected chi connectivity index (χ4v) is 2.39. The number of halogens is 3. The first-order chi connectivity index (χ1) is 13.2. The van der Waals surface area contributed by atoms with E-state index in [2.05, 4.69) is 10.3 Å². The third kappa shape index (κ3) is 4.40. The number of ether oxygens (including phenoxy) is 1. The topological polar surface area (TPSA) is 71.5 Å². The van der Waals surface area contributed by atoms with Crippen LogP contribution in [0.2, 0.25) is 0 Å². The van der Waals surface area contributed by atoms with Crippen molar-refractivity contribution in [3.05, 3.63) is 77.6 Å². The lowest BCUT2D eigenvalue weighted by Gasteiger charge is -2.11. The van der Waals surface area contributed by atoms with Crippen LogP contribution in [0.5, 0.6) is 17.2 Å². The lowest BCUT2D eigenvalue weighted by atomic mass is 10.2. The first kappa shape index (κ1) is 19.2. The van der Waals surface area contributed by atoms with Crippen LogP contribution in [0.4, 0.5) is 18.9 Å². The molecule has 1 heterocycles. The summed E-state index contributed by atoms with van der Waals surface area (Å²) < 4.78 is 43.4. The van der Waals surface area contributed by atoms with Gasteiger partial charge in [-0.15, -0.1) is 0 Å². The number of rotatable bonds is 4. The van der Waals surface area contributed by atoms with Gasteiger partial charge in [0.1, 0.15) is 17.2 Å². The smallest absolute Gasteiger partial charge is 0.416 e. The number of carbonyl (C=O) groups excluding carboxylic acids is 1. The average molecular weight is 388 g/mol. The van der Waals surface area contributed by atoms with Crippen LogP contribution in [-0.2, 0) is 6.18 Å². The zero-order valence-corrected chi connectivity index (χ0v) is 14.6. The molecule has 0 spiro atoms. The molecule has 0 atom stereocenters. The fourth-order valence-electron chi connectivity index (χ4n) is 2.39. The SMILES string of the molecule is Cc1ccnc(C(=O)Nc2cccc(Oc3ccc(C(F)(F)F)cc3)c2)c1O. The number of hydrogen-bond acceptors (Lipinski definition) is 4. The van der Waals surface area contributed by atoms with Crippen molar-refractivity contribution >= 4 is 11.6 Å². The van der Waals surface area contributed by atoms with Crippen molar-refractivity contribution in [2.24, 2.45) is 0 Å². The van der Waals surface area contributed by atoms with Crippen LogP contribution >= 0.6 is 0 Å². The average Bonchev–Trinajstić information content (AvgIpc) is 2.64. The van der Waals surface area contributed by atoms with Crippen molar-refractivity contribution in [1.29, 1.82) is 0 Å². The third-order valence-electron chi connectivity index (χ3n) is 3.85. The lowest BCUT2D eigenvalue weighted by molar-refractivity contribution is -0.137. The molecular weight excluding hydrogens is 373 g/mol. The molecule has 0 radical (unpaired) electrons. The van der Waals surface area contributed by atoms with Crippen LogP contribution in [0.3, 0.4) is 0 Å². The highest BCUT2D eigenvalue weighted by Gasteiger charge is 2.30. The standard InChI is InChI=1S/C20H15F3N2O3/c1-12-9-10-24-17(18(12)26)19(27)25-14-3-2-4-16(11-14)28-15-7-5-13(6-8-15)20(21,22)23/h2-11,26H,1H3,(H,25,27). The predicted molar refractivity (Wildman–Crippen MR) is 96.6 cm³/mol. The summed E-state index contributed by atoms with van der Waals surface area (Å²) >= 11 is 0. The van der Waals surface area contributed by atoms with Crippen molar-refractivity contribution in [2.45, 2.75) is 13.1 Å². The minimum absolute atomic E-state index is 0.117. The molecule has 3 aromatic rings. The van der Waals surface area contributed by atoms with E-state index >= 15 is 0 Å². The fraction of sp³-hybridized carbons (Fsp3) is 0.100. The second-order valence-electron chi connectivity index (χ2n) is 5.93. The number of alkyl halides is 3. The number of amides is 1. The molecule has 0 fully saturated rings. The van der Waals surface area contributed by atoms with Crippen LogP contribution in [0.1, 0.15) is 21.6 Å². The minimum Gasteiger partial charge on any atom is -0.505 e. The summed E-state index contributed by atoms with van der Waals surface area (Å²) in [4.78, 5) is 16.2. The first-order valence-electron chi connectivity index (χ1n) is 8.15. The van der Waals surface area contributed by atoms with E-state index in [1.807, 2.05) is 0 Å².